The van der Waals surface area contributed by atoms with Gasteiger partial charge in [0, 0.05) is 17.5 Å². The molecule has 1 atom stereocenters. The quantitative estimate of drug-likeness (QED) is 0.701. The Morgan fingerprint density at radius 2 is 1.68 bits per heavy atom. The summed E-state index contributed by atoms with van der Waals surface area (Å²) in [5.74, 6) is 1.07. The topological polar surface area (TPSA) is 84.5 Å². The van der Waals surface area contributed by atoms with Crippen LogP contribution in [0.3, 0.4) is 0 Å². The summed E-state index contributed by atoms with van der Waals surface area (Å²) in [6.45, 7) is 1.46. The van der Waals surface area contributed by atoms with Crippen LogP contribution in [0.1, 0.15) is 59.5 Å². The number of rotatable bonds is 5. The van der Waals surface area contributed by atoms with Gasteiger partial charge in [0.15, 0.2) is 6.10 Å². The van der Waals surface area contributed by atoms with Gasteiger partial charge < -0.3 is 10.1 Å². The Morgan fingerprint density at radius 3 is 2.32 bits per heavy atom. The first-order chi connectivity index (χ1) is 13.5. The molecule has 2 aliphatic rings. The molecule has 2 N–H and O–H groups in total. The Hall–Kier alpha value is -1.67. The molecule has 0 spiro atoms. The molecule has 1 saturated heterocycles. The summed E-state index contributed by atoms with van der Waals surface area (Å²) >= 11 is 3.80. The van der Waals surface area contributed by atoms with Crippen LogP contribution in [0.5, 0.6) is 0 Å². The summed E-state index contributed by atoms with van der Waals surface area (Å²) in [6, 6.07) is 6.86. The largest absolute Gasteiger partial charge is 0.449 e. The average molecular weight is 423 g/mol. The number of nitrogens with one attached hydrogen (secondary N) is 2. The lowest BCUT2D eigenvalue weighted by molar-refractivity contribution is -0.127. The van der Waals surface area contributed by atoms with E-state index in [1.54, 1.807) is 12.1 Å². The number of benzene rings is 1. The Bertz CT molecular complexity index is 699. The fourth-order valence-corrected chi connectivity index (χ4v) is 6.15. The van der Waals surface area contributed by atoms with Crippen molar-refractivity contribution in [3.05, 3.63) is 35.4 Å². The third-order valence-corrected chi connectivity index (χ3v) is 7.97. The number of amides is 3. The van der Waals surface area contributed by atoms with Gasteiger partial charge in [-0.15, -0.1) is 23.5 Å². The smallest absolute Gasteiger partial charge is 0.338 e. The molecular formula is C20H26N2O4S2. The van der Waals surface area contributed by atoms with E-state index in [2.05, 4.69) is 10.6 Å². The molecule has 3 rings (SSSR count). The van der Waals surface area contributed by atoms with E-state index in [1.807, 2.05) is 35.7 Å². The van der Waals surface area contributed by atoms with Crippen molar-refractivity contribution in [1.82, 2.24) is 10.6 Å². The summed E-state index contributed by atoms with van der Waals surface area (Å²) in [5, 5.41) is 5.07. The molecular weight excluding hydrogens is 396 g/mol. The van der Waals surface area contributed by atoms with Crippen molar-refractivity contribution in [3.63, 3.8) is 0 Å². The van der Waals surface area contributed by atoms with Crippen LogP contribution in [-0.2, 0) is 9.53 Å². The minimum atomic E-state index is -1.05. The number of esters is 1. The maximum Gasteiger partial charge on any atom is 0.338 e. The van der Waals surface area contributed by atoms with E-state index in [-0.39, 0.29) is 6.04 Å². The monoisotopic (exact) mass is 422 g/mol. The number of hydrogen-bond donors (Lipinski definition) is 2. The van der Waals surface area contributed by atoms with Gasteiger partial charge in [-0.1, -0.05) is 31.4 Å². The minimum absolute atomic E-state index is 0.106. The first-order valence-corrected chi connectivity index (χ1v) is 11.8. The molecule has 1 aromatic rings. The Balaban J connectivity index is 1.46. The fraction of sp³-hybridized carbons (Fsp3) is 0.550. The van der Waals surface area contributed by atoms with Crippen LogP contribution in [-0.4, -0.2) is 41.6 Å². The standard InChI is InChI=1S/C20H26N2O4S2/c1-13(17(23)22-20(25)21-16-5-3-2-4-6-16)26-18(24)14-7-9-15(10-8-14)19-27-11-12-28-19/h7-10,13,16,19H,2-6,11-12H2,1H3,(H2,21,22,23,25)/t13-/m1/s1. The summed E-state index contributed by atoms with van der Waals surface area (Å²) in [5.41, 5.74) is 1.57. The summed E-state index contributed by atoms with van der Waals surface area (Å²) < 4.78 is 5.63. The van der Waals surface area contributed by atoms with Crippen molar-refractivity contribution in [2.24, 2.45) is 0 Å². The van der Waals surface area contributed by atoms with E-state index >= 15 is 0 Å². The first kappa shape index (κ1) is 21.0. The van der Waals surface area contributed by atoms with Gasteiger partial charge in [-0.05, 0) is 37.5 Å². The molecule has 6 nitrogen and oxygen atoms in total. The van der Waals surface area contributed by atoms with Crippen LogP contribution in [0.4, 0.5) is 4.79 Å². The number of carbonyl (C=O) groups is 3. The fourth-order valence-electron chi connectivity index (χ4n) is 3.29. The van der Waals surface area contributed by atoms with Gasteiger partial charge in [-0.2, -0.15) is 0 Å². The van der Waals surface area contributed by atoms with Gasteiger partial charge in [0.1, 0.15) is 0 Å². The second kappa shape index (κ2) is 10.2. The predicted octanol–water partition coefficient (Wildman–Crippen LogP) is 3.87. The zero-order chi connectivity index (χ0) is 19.9. The van der Waals surface area contributed by atoms with Gasteiger partial charge >= 0.3 is 12.0 Å². The van der Waals surface area contributed by atoms with Gasteiger partial charge in [-0.25, -0.2) is 9.59 Å². The molecule has 28 heavy (non-hydrogen) atoms. The predicted molar refractivity (Wildman–Crippen MR) is 113 cm³/mol. The lowest BCUT2D eigenvalue weighted by Crippen LogP contribution is -2.48. The highest BCUT2D eigenvalue weighted by molar-refractivity contribution is 8.19. The second-order valence-corrected chi connectivity index (χ2v) is 9.77. The highest BCUT2D eigenvalue weighted by Crippen LogP contribution is 2.45. The molecule has 0 unspecified atom stereocenters. The molecule has 152 valence electrons. The van der Waals surface area contributed by atoms with Gasteiger partial charge in [0.25, 0.3) is 5.91 Å². The van der Waals surface area contributed by atoms with Crippen molar-refractivity contribution in [1.29, 1.82) is 0 Å². The number of imide groups is 1. The van der Waals surface area contributed by atoms with E-state index < -0.39 is 24.0 Å². The highest BCUT2D eigenvalue weighted by Gasteiger charge is 2.23. The maximum atomic E-state index is 12.3. The molecule has 0 radical (unpaired) electrons. The average Bonchev–Trinajstić information content (AvgIpc) is 3.23. The van der Waals surface area contributed by atoms with Crippen molar-refractivity contribution in [2.45, 2.75) is 55.8 Å². The molecule has 8 heteroatoms. The first-order valence-electron chi connectivity index (χ1n) is 9.68. The number of ether oxygens (including phenoxy) is 1. The van der Waals surface area contributed by atoms with Crippen LogP contribution in [0.2, 0.25) is 0 Å². The minimum Gasteiger partial charge on any atom is -0.449 e. The Kier molecular flexibility index (Phi) is 7.67. The molecule has 3 amide bonds. The maximum absolute atomic E-state index is 12.3. The normalized spacial score (nSPS) is 19.0. The summed E-state index contributed by atoms with van der Waals surface area (Å²) in [7, 11) is 0. The van der Waals surface area contributed by atoms with Crippen LogP contribution < -0.4 is 10.6 Å². The Morgan fingerprint density at radius 1 is 1.04 bits per heavy atom. The third kappa shape index (κ3) is 5.91. The molecule has 1 aliphatic carbocycles. The number of carbonyl (C=O) groups excluding carboxylic acids is 3. The van der Waals surface area contributed by atoms with Crippen molar-refractivity contribution in [3.8, 4) is 0 Å². The molecule has 1 heterocycles. The van der Waals surface area contributed by atoms with Gasteiger partial charge in [-0.3, -0.25) is 10.1 Å². The Labute approximate surface area is 173 Å². The van der Waals surface area contributed by atoms with E-state index in [1.165, 1.54) is 18.9 Å². The number of thioether (sulfide) groups is 2. The van der Waals surface area contributed by atoms with Crippen LogP contribution >= 0.6 is 23.5 Å². The number of urea groups is 1. The van der Waals surface area contributed by atoms with Crippen LogP contribution in [0.15, 0.2) is 24.3 Å². The number of hydrogen-bond acceptors (Lipinski definition) is 6. The SMILES string of the molecule is C[C@@H](OC(=O)c1ccc(C2SCCS2)cc1)C(=O)NC(=O)NC1CCCCC1. The summed E-state index contributed by atoms with van der Waals surface area (Å²) in [6.07, 6.45) is 4.17. The van der Waals surface area contributed by atoms with Crippen LogP contribution in [0, 0.1) is 0 Å². The van der Waals surface area contributed by atoms with E-state index in [0.717, 1.165) is 37.2 Å². The molecule has 1 saturated carbocycles. The van der Waals surface area contributed by atoms with Crippen molar-refractivity contribution < 1.29 is 19.1 Å². The van der Waals surface area contributed by atoms with Crippen LogP contribution in [0.25, 0.3) is 0 Å². The van der Waals surface area contributed by atoms with Gasteiger partial charge in [0.2, 0.25) is 0 Å². The zero-order valence-corrected chi connectivity index (χ0v) is 17.6. The van der Waals surface area contributed by atoms with Crippen molar-refractivity contribution in [2.75, 3.05) is 11.5 Å². The van der Waals surface area contributed by atoms with E-state index in [9.17, 15) is 14.4 Å². The van der Waals surface area contributed by atoms with Gasteiger partial charge in [0.05, 0.1) is 10.1 Å². The highest BCUT2D eigenvalue weighted by atomic mass is 32.2. The molecule has 1 aromatic carbocycles. The lowest BCUT2D eigenvalue weighted by Gasteiger charge is -2.23. The molecule has 2 fully saturated rings. The summed E-state index contributed by atoms with van der Waals surface area (Å²) in [4.78, 5) is 36.4. The molecule has 0 bridgehead atoms. The van der Waals surface area contributed by atoms with Crippen molar-refractivity contribution >= 4 is 41.4 Å². The second-order valence-electron chi connectivity index (χ2n) is 7.04. The lowest BCUT2D eigenvalue weighted by atomic mass is 9.96. The molecule has 1 aliphatic heterocycles. The molecule has 0 aromatic heterocycles. The van der Waals surface area contributed by atoms with E-state index in [4.69, 9.17) is 4.74 Å². The third-order valence-electron chi connectivity index (χ3n) is 4.87. The zero-order valence-electron chi connectivity index (χ0n) is 15.9. The van der Waals surface area contributed by atoms with E-state index in [0.29, 0.717) is 10.1 Å².